The molecule has 0 unspecified atom stereocenters. The molecule has 0 heterocycles. The van der Waals surface area contributed by atoms with Gasteiger partial charge in [0.1, 0.15) is 12.6 Å². The predicted molar refractivity (Wildman–Crippen MR) is 82.1 cm³/mol. The number of hydrogen-bond acceptors (Lipinski definition) is 5. The van der Waals surface area contributed by atoms with Crippen LogP contribution < -0.4 is 16.4 Å². The summed E-state index contributed by atoms with van der Waals surface area (Å²) < 4.78 is 4.96. The second kappa shape index (κ2) is 9.42. The van der Waals surface area contributed by atoms with Crippen molar-refractivity contribution in [3.63, 3.8) is 0 Å². The third-order valence-corrected chi connectivity index (χ3v) is 2.92. The molecule has 0 aliphatic rings. The summed E-state index contributed by atoms with van der Waals surface area (Å²) in [4.78, 5) is 33.8. The number of nitrogens with one attached hydrogen (secondary N) is 2. The minimum Gasteiger partial charge on any atom is -0.445 e. The van der Waals surface area contributed by atoms with Crippen LogP contribution in [-0.4, -0.2) is 41.7 Å². The Balaban J connectivity index is 2.22. The minimum absolute atomic E-state index is 0.110. The average molecular weight is 323 g/mol. The van der Waals surface area contributed by atoms with Gasteiger partial charge < -0.3 is 26.2 Å². The highest BCUT2D eigenvalue weighted by atomic mass is 16.5. The van der Waals surface area contributed by atoms with Crippen molar-refractivity contribution in [1.29, 1.82) is 0 Å². The van der Waals surface area contributed by atoms with Crippen molar-refractivity contribution in [2.24, 2.45) is 5.73 Å². The third kappa shape index (κ3) is 7.82. The van der Waals surface area contributed by atoms with Crippen LogP contribution in [0.25, 0.3) is 0 Å². The van der Waals surface area contributed by atoms with Crippen LogP contribution in [0.4, 0.5) is 4.79 Å². The fraction of sp³-hybridized carbons (Fsp3) is 0.400. The lowest BCUT2D eigenvalue weighted by molar-refractivity contribution is -0.128. The molecule has 23 heavy (non-hydrogen) atoms. The van der Waals surface area contributed by atoms with Gasteiger partial charge in [-0.15, -0.1) is 0 Å². The van der Waals surface area contributed by atoms with E-state index in [1.165, 1.54) is 6.92 Å². The first-order valence-corrected chi connectivity index (χ1v) is 7.09. The van der Waals surface area contributed by atoms with Gasteiger partial charge in [0.05, 0.1) is 12.5 Å². The number of benzene rings is 1. The average Bonchev–Trinajstić information content (AvgIpc) is 2.51. The molecule has 0 aliphatic carbocycles. The Kier molecular flexibility index (Phi) is 7.55. The number of hydrogen-bond donors (Lipinski definition) is 4. The summed E-state index contributed by atoms with van der Waals surface area (Å²) >= 11 is 0. The number of amides is 3. The van der Waals surface area contributed by atoms with Gasteiger partial charge in [-0.1, -0.05) is 30.3 Å². The van der Waals surface area contributed by atoms with Gasteiger partial charge >= 0.3 is 6.09 Å². The molecule has 0 spiro atoms. The van der Waals surface area contributed by atoms with E-state index in [0.717, 1.165) is 5.56 Å². The summed E-state index contributed by atoms with van der Waals surface area (Å²) in [7, 11) is 0. The zero-order chi connectivity index (χ0) is 17.2. The van der Waals surface area contributed by atoms with Crippen molar-refractivity contribution < 1.29 is 24.2 Å². The molecule has 0 saturated heterocycles. The molecule has 126 valence electrons. The second-order valence-corrected chi connectivity index (χ2v) is 4.99. The largest absolute Gasteiger partial charge is 0.445 e. The van der Waals surface area contributed by atoms with Crippen LogP contribution in [0.3, 0.4) is 0 Å². The van der Waals surface area contributed by atoms with E-state index in [1.807, 2.05) is 30.3 Å². The maximum Gasteiger partial charge on any atom is 0.407 e. The zero-order valence-electron chi connectivity index (χ0n) is 12.8. The maximum atomic E-state index is 11.5. The third-order valence-electron chi connectivity index (χ3n) is 2.92. The number of carbonyl (C=O) groups is 3. The molecule has 0 bridgehead atoms. The fourth-order valence-corrected chi connectivity index (χ4v) is 1.63. The predicted octanol–water partition coefficient (Wildman–Crippen LogP) is -0.346. The highest BCUT2D eigenvalue weighted by molar-refractivity contribution is 5.86. The summed E-state index contributed by atoms with van der Waals surface area (Å²) in [5.74, 6) is -1.21. The molecule has 0 fully saturated rings. The van der Waals surface area contributed by atoms with E-state index in [0.29, 0.717) is 0 Å². The molecule has 1 aromatic carbocycles. The number of aliphatic hydroxyl groups excluding tert-OH is 1. The second-order valence-electron chi connectivity index (χ2n) is 4.99. The van der Waals surface area contributed by atoms with Crippen molar-refractivity contribution in [2.45, 2.75) is 32.1 Å². The first kappa shape index (κ1) is 18.4. The van der Waals surface area contributed by atoms with Crippen LogP contribution in [0.5, 0.6) is 0 Å². The van der Waals surface area contributed by atoms with Crippen LogP contribution >= 0.6 is 0 Å². The Labute approximate surface area is 134 Å². The van der Waals surface area contributed by atoms with Crippen LogP contribution in [-0.2, 0) is 20.9 Å². The van der Waals surface area contributed by atoms with Crippen LogP contribution in [0, 0.1) is 0 Å². The highest BCUT2D eigenvalue weighted by Crippen LogP contribution is 2.00. The van der Waals surface area contributed by atoms with Crippen LogP contribution in [0.15, 0.2) is 30.3 Å². The summed E-state index contributed by atoms with van der Waals surface area (Å²) in [5.41, 5.74) is 5.84. The summed E-state index contributed by atoms with van der Waals surface area (Å²) in [5, 5.41) is 14.3. The first-order valence-electron chi connectivity index (χ1n) is 7.09. The lowest BCUT2D eigenvalue weighted by Gasteiger charge is -2.14. The number of carbonyl (C=O) groups excluding carboxylic acids is 3. The van der Waals surface area contributed by atoms with Gasteiger partial charge in [0.15, 0.2) is 0 Å². The van der Waals surface area contributed by atoms with E-state index in [1.54, 1.807) is 0 Å². The lowest BCUT2D eigenvalue weighted by atomic mass is 10.2. The van der Waals surface area contributed by atoms with Crippen LogP contribution in [0.2, 0.25) is 0 Å². The van der Waals surface area contributed by atoms with E-state index in [4.69, 9.17) is 10.5 Å². The Morgan fingerprint density at radius 1 is 1.26 bits per heavy atom. The number of nitrogens with two attached hydrogens (primary N) is 1. The highest BCUT2D eigenvalue weighted by Gasteiger charge is 2.16. The minimum atomic E-state index is -1.10. The Morgan fingerprint density at radius 2 is 1.91 bits per heavy atom. The van der Waals surface area contributed by atoms with E-state index >= 15 is 0 Å². The van der Waals surface area contributed by atoms with E-state index in [-0.39, 0.29) is 19.6 Å². The summed E-state index contributed by atoms with van der Waals surface area (Å²) in [6, 6.07) is 8.31. The lowest BCUT2D eigenvalue weighted by Crippen LogP contribution is -2.44. The Morgan fingerprint density at radius 3 is 2.52 bits per heavy atom. The molecule has 1 aromatic rings. The van der Waals surface area contributed by atoms with Gasteiger partial charge in [-0.05, 0) is 12.5 Å². The SMILES string of the molecule is C[C@@H](NC(=O)C[C@@H](O)CNC(=O)OCc1ccccc1)C(N)=O. The maximum absolute atomic E-state index is 11.5. The number of ether oxygens (including phenoxy) is 1. The van der Waals surface area contributed by atoms with Gasteiger partial charge in [-0.2, -0.15) is 0 Å². The number of rotatable bonds is 8. The molecule has 0 aromatic heterocycles. The summed E-state index contributed by atoms with van der Waals surface area (Å²) in [6.07, 6.45) is -2.06. The topological polar surface area (TPSA) is 131 Å². The zero-order valence-corrected chi connectivity index (χ0v) is 12.8. The number of aliphatic hydroxyl groups is 1. The molecule has 0 saturated carbocycles. The van der Waals surface area contributed by atoms with Crippen molar-refractivity contribution in [2.75, 3.05) is 6.54 Å². The molecule has 3 amide bonds. The fourth-order valence-electron chi connectivity index (χ4n) is 1.63. The van der Waals surface area contributed by atoms with Gasteiger partial charge in [0, 0.05) is 6.54 Å². The van der Waals surface area contributed by atoms with Crippen molar-refractivity contribution in [3.8, 4) is 0 Å². The van der Waals surface area contributed by atoms with E-state index in [2.05, 4.69) is 10.6 Å². The van der Waals surface area contributed by atoms with E-state index < -0.39 is 30.1 Å². The Hall–Kier alpha value is -2.61. The van der Waals surface area contributed by atoms with Crippen molar-refractivity contribution >= 4 is 17.9 Å². The quantitative estimate of drug-likeness (QED) is 0.519. The number of alkyl carbamates (subject to hydrolysis) is 1. The van der Waals surface area contributed by atoms with Crippen molar-refractivity contribution in [3.05, 3.63) is 35.9 Å². The monoisotopic (exact) mass is 323 g/mol. The summed E-state index contributed by atoms with van der Waals surface area (Å²) in [6.45, 7) is 1.40. The Bertz CT molecular complexity index is 535. The molecule has 1 rings (SSSR count). The molecular formula is C15H21N3O5. The molecule has 8 nitrogen and oxygen atoms in total. The van der Waals surface area contributed by atoms with Crippen molar-refractivity contribution in [1.82, 2.24) is 10.6 Å². The van der Waals surface area contributed by atoms with Gasteiger partial charge in [0.2, 0.25) is 11.8 Å². The molecule has 5 N–H and O–H groups in total. The molecule has 8 heteroatoms. The molecule has 0 radical (unpaired) electrons. The van der Waals surface area contributed by atoms with Gasteiger partial charge in [-0.25, -0.2) is 4.79 Å². The van der Waals surface area contributed by atoms with Gasteiger partial charge in [0.25, 0.3) is 0 Å². The van der Waals surface area contributed by atoms with E-state index in [9.17, 15) is 19.5 Å². The molecule has 0 aliphatic heterocycles. The number of primary amides is 1. The molecular weight excluding hydrogens is 302 g/mol. The van der Waals surface area contributed by atoms with Gasteiger partial charge in [-0.3, -0.25) is 9.59 Å². The standard InChI is InChI=1S/C15H21N3O5/c1-10(14(16)21)18-13(20)7-12(19)8-17-15(22)23-9-11-5-3-2-4-6-11/h2-6,10,12,19H,7-9H2,1H3,(H2,16,21)(H,17,22)(H,18,20)/t10-,12-/m1/s1. The smallest absolute Gasteiger partial charge is 0.407 e. The normalized spacial score (nSPS) is 12.8. The van der Waals surface area contributed by atoms with Crippen LogP contribution in [0.1, 0.15) is 18.9 Å². The molecule has 2 atom stereocenters. The first-order chi connectivity index (χ1) is 10.9.